The molecule has 0 aliphatic rings. The Morgan fingerprint density at radius 1 is 1.12 bits per heavy atom. The van der Waals surface area contributed by atoms with Crippen molar-refractivity contribution >= 4 is 17.0 Å². The number of aromatic nitrogens is 3. The quantitative estimate of drug-likeness (QED) is 0.475. The number of amides is 1. The molecule has 0 fully saturated rings. The summed E-state index contributed by atoms with van der Waals surface area (Å²) in [7, 11) is 2.85. The second-order valence-electron chi connectivity index (χ2n) is 7.20. The summed E-state index contributed by atoms with van der Waals surface area (Å²) in [5.41, 5.74) is -0.585. The molecule has 0 bridgehead atoms. The summed E-state index contributed by atoms with van der Waals surface area (Å²) in [5.74, 6) is -2.50. The summed E-state index contributed by atoms with van der Waals surface area (Å²) in [6.07, 6.45) is 1.53. The van der Waals surface area contributed by atoms with E-state index in [9.17, 15) is 23.2 Å². The van der Waals surface area contributed by atoms with Crippen LogP contribution in [0.3, 0.4) is 0 Å². The number of ether oxygens (including phenoxy) is 1. The third-order valence-corrected chi connectivity index (χ3v) is 5.02. The van der Waals surface area contributed by atoms with E-state index >= 15 is 0 Å². The summed E-state index contributed by atoms with van der Waals surface area (Å²) in [5, 5.41) is 2.65. The number of halogens is 2. The number of carbonyl (C=O) groups excluding carboxylic acids is 1. The fourth-order valence-electron chi connectivity index (χ4n) is 3.30. The number of hydrogen-bond acceptors (Lipinski definition) is 6. The molecule has 0 aliphatic heterocycles. The van der Waals surface area contributed by atoms with Gasteiger partial charge in [-0.3, -0.25) is 18.7 Å². The van der Waals surface area contributed by atoms with Crippen LogP contribution in [0, 0.1) is 11.6 Å². The van der Waals surface area contributed by atoms with Gasteiger partial charge in [0.25, 0.3) is 11.5 Å². The number of methoxy groups -OCH3 is 1. The van der Waals surface area contributed by atoms with Gasteiger partial charge in [-0.2, -0.15) is 0 Å². The molecule has 1 aromatic carbocycles. The van der Waals surface area contributed by atoms with Crippen LogP contribution in [0.15, 0.2) is 56.6 Å². The second kappa shape index (κ2) is 8.69. The fraction of sp³-hybridized carbons (Fsp3) is 0.182. The Morgan fingerprint density at radius 2 is 1.91 bits per heavy atom. The topological polar surface area (TPSA) is 108 Å². The van der Waals surface area contributed by atoms with Gasteiger partial charge in [0.1, 0.15) is 5.39 Å². The van der Waals surface area contributed by atoms with Crippen molar-refractivity contribution in [2.75, 3.05) is 7.11 Å². The largest absolute Gasteiger partial charge is 0.481 e. The van der Waals surface area contributed by atoms with Crippen LogP contribution < -0.4 is 21.3 Å². The molecule has 0 spiro atoms. The first kappa shape index (κ1) is 21.9. The molecule has 9 nitrogen and oxygen atoms in total. The molecule has 0 radical (unpaired) electrons. The van der Waals surface area contributed by atoms with Crippen molar-refractivity contribution in [3.05, 3.63) is 92.0 Å². The van der Waals surface area contributed by atoms with E-state index in [1.165, 1.54) is 32.5 Å². The normalized spacial score (nSPS) is 11.0. The maximum atomic E-state index is 13.5. The Bertz CT molecular complexity index is 1490. The van der Waals surface area contributed by atoms with Gasteiger partial charge in [0.15, 0.2) is 17.4 Å². The van der Waals surface area contributed by atoms with Crippen molar-refractivity contribution in [2.45, 2.75) is 13.1 Å². The number of furan rings is 1. The molecule has 0 atom stereocenters. The average molecular weight is 456 g/mol. The van der Waals surface area contributed by atoms with Gasteiger partial charge in [-0.15, -0.1) is 0 Å². The van der Waals surface area contributed by atoms with E-state index < -0.39 is 28.8 Å². The molecule has 1 amide bonds. The van der Waals surface area contributed by atoms with Gasteiger partial charge >= 0.3 is 5.69 Å². The molecular formula is C22H18F2N4O5. The molecule has 3 heterocycles. The Morgan fingerprint density at radius 3 is 2.64 bits per heavy atom. The van der Waals surface area contributed by atoms with E-state index in [2.05, 4.69) is 10.3 Å². The SMILES string of the molecule is COc1cc(CNC(=O)c2cc3c(=O)n(Cc4ccc(F)c(F)c4)c(=O)n(C)c3o2)ccn1. The lowest BCUT2D eigenvalue weighted by Gasteiger charge is -2.08. The summed E-state index contributed by atoms with van der Waals surface area (Å²) >= 11 is 0. The Hall–Kier alpha value is -4.28. The van der Waals surface area contributed by atoms with Gasteiger partial charge in [-0.05, 0) is 29.3 Å². The van der Waals surface area contributed by atoms with E-state index in [-0.39, 0.29) is 35.5 Å². The number of fused-ring (bicyclic) bond motifs is 1. The van der Waals surface area contributed by atoms with Gasteiger partial charge in [-0.1, -0.05) is 6.07 Å². The van der Waals surface area contributed by atoms with Gasteiger partial charge in [0.2, 0.25) is 11.6 Å². The summed E-state index contributed by atoms with van der Waals surface area (Å²) in [6.45, 7) is -0.136. The van der Waals surface area contributed by atoms with Crippen molar-refractivity contribution in [3.63, 3.8) is 0 Å². The standard InChI is InChI=1S/C22H18F2N4O5/c1-27-21-14(20(30)28(22(27)31)11-13-3-4-15(23)16(24)7-13)9-17(33-21)19(29)26-10-12-5-6-25-18(8-12)32-2/h3-9H,10-11H2,1-2H3,(H,26,29). The van der Waals surface area contributed by atoms with Gasteiger partial charge < -0.3 is 14.5 Å². The lowest BCUT2D eigenvalue weighted by atomic mass is 10.2. The van der Waals surface area contributed by atoms with Crippen molar-refractivity contribution in [1.29, 1.82) is 0 Å². The molecule has 3 aromatic heterocycles. The molecule has 4 rings (SSSR count). The smallest absolute Gasteiger partial charge is 0.333 e. The van der Waals surface area contributed by atoms with Crippen molar-refractivity contribution in [3.8, 4) is 5.88 Å². The van der Waals surface area contributed by atoms with Gasteiger partial charge in [-0.25, -0.2) is 18.6 Å². The zero-order valence-corrected chi connectivity index (χ0v) is 17.6. The van der Waals surface area contributed by atoms with Crippen molar-refractivity contribution in [2.24, 2.45) is 7.05 Å². The second-order valence-corrected chi connectivity index (χ2v) is 7.20. The number of carbonyl (C=O) groups is 1. The van der Waals surface area contributed by atoms with Crippen molar-refractivity contribution in [1.82, 2.24) is 19.4 Å². The highest BCUT2D eigenvalue weighted by molar-refractivity contribution is 5.95. The number of benzene rings is 1. The lowest BCUT2D eigenvalue weighted by Crippen LogP contribution is -2.39. The Kier molecular flexibility index (Phi) is 5.78. The van der Waals surface area contributed by atoms with E-state index in [0.717, 1.165) is 26.8 Å². The number of nitrogens with one attached hydrogen (secondary N) is 1. The monoisotopic (exact) mass is 456 g/mol. The van der Waals surface area contributed by atoms with E-state index in [1.54, 1.807) is 12.1 Å². The van der Waals surface area contributed by atoms with Crippen molar-refractivity contribution < 1.29 is 22.7 Å². The Balaban J connectivity index is 1.64. The molecule has 0 saturated heterocycles. The van der Waals surface area contributed by atoms with Crippen LogP contribution in [0.1, 0.15) is 21.7 Å². The third kappa shape index (κ3) is 4.25. The first-order valence-electron chi connectivity index (χ1n) is 9.73. The molecule has 0 saturated carbocycles. The molecule has 0 aliphatic carbocycles. The van der Waals surface area contributed by atoms with Gasteiger partial charge in [0, 0.05) is 31.9 Å². The highest BCUT2D eigenvalue weighted by atomic mass is 19.2. The van der Waals surface area contributed by atoms with Crippen LogP contribution in [0.4, 0.5) is 8.78 Å². The van der Waals surface area contributed by atoms with Crippen LogP contribution in [0.25, 0.3) is 11.1 Å². The number of nitrogens with zero attached hydrogens (tertiary/aromatic N) is 3. The molecule has 1 N–H and O–H groups in total. The molecule has 170 valence electrons. The number of rotatable bonds is 6. The summed E-state index contributed by atoms with van der Waals surface area (Å²) < 4.78 is 39.2. The third-order valence-electron chi connectivity index (χ3n) is 5.02. The van der Waals surface area contributed by atoms with E-state index in [4.69, 9.17) is 9.15 Å². The minimum Gasteiger partial charge on any atom is -0.481 e. The van der Waals surface area contributed by atoms with Crippen LogP contribution in [-0.2, 0) is 20.1 Å². The number of hydrogen-bond donors (Lipinski definition) is 1. The molecular weight excluding hydrogens is 438 g/mol. The van der Waals surface area contributed by atoms with Crippen LogP contribution in [-0.4, -0.2) is 27.1 Å². The van der Waals surface area contributed by atoms with Gasteiger partial charge in [0.05, 0.1) is 13.7 Å². The van der Waals surface area contributed by atoms with Crippen LogP contribution in [0.5, 0.6) is 5.88 Å². The zero-order chi connectivity index (χ0) is 23.7. The molecule has 33 heavy (non-hydrogen) atoms. The van der Waals surface area contributed by atoms with E-state index in [1.807, 2.05) is 0 Å². The predicted molar refractivity (Wildman–Crippen MR) is 113 cm³/mol. The highest BCUT2D eigenvalue weighted by Gasteiger charge is 2.20. The van der Waals surface area contributed by atoms with Crippen LogP contribution in [0.2, 0.25) is 0 Å². The molecule has 0 unspecified atom stereocenters. The Labute approximate surface area is 184 Å². The predicted octanol–water partition coefficient (Wildman–Crippen LogP) is 1.95. The zero-order valence-electron chi connectivity index (χ0n) is 17.6. The number of aryl methyl sites for hydroxylation is 1. The minimum atomic E-state index is -1.09. The summed E-state index contributed by atoms with van der Waals surface area (Å²) in [6, 6.07) is 7.69. The lowest BCUT2D eigenvalue weighted by molar-refractivity contribution is 0.0924. The van der Waals surface area contributed by atoms with E-state index in [0.29, 0.717) is 5.88 Å². The first-order chi connectivity index (χ1) is 15.8. The number of pyridine rings is 1. The first-order valence-corrected chi connectivity index (χ1v) is 9.73. The highest BCUT2D eigenvalue weighted by Crippen LogP contribution is 2.16. The average Bonchev–Trinajstić information content (AvgIpc) is 3.27. The minimum absolute atomic E-state index is 0.00425. The molecule has 4 aromatic rings. The summed E-state index contributed by atoms with van der Waals surface area (Å²) in [4.78, 5) is 42.2. The fourth-order valence-corrected chi connectivity index (χ4v) is 3.30. The maximum absolute atomic E-state index is 13.5. The molecule has 11 heteroatoms. The van der Waals surface area contributed by atoms with Crippen LogP contribution >= 0.6 is 0 Å². The maximum Gasteiger partial charge on any atom is 0.333 e.